The molecule has 6 nitrogen and oxygen atoms in total. The first-order valence-corrected chi connectivity index (χ1v) is 7.63. The fourth-order valence-electron chi connectivity index (χ4n) is 2.23. The van der Waals surface area contributed by atoms with Gasteiger partial charge in [0.1, 0.15) is 0 Å². The van der Waals surface area contributed by atoms with Gasteiger partial charge in [0.25, 0.3) is 0 Å². The van der Waals surface area contributed by atoms with E-state index in [2.05, 4.69) is 5.32 Å². The van der Waals surface area contributed by atoms with E-state index >= 15 is 0 Å². The molecule has 1 aromatic carbocycles. The summed E-state index contributed by atoms with van der Waals surface area (Å²) in [5.74, 6) is 0. The van der Waals surface area contributed by atoms with Gasteiger partial charge in [0.05, 0.1) is 6.61 Å². The Morgan fingerprint density at radius 3 is 2.50 bits per heavy atom. The normalized spacial score (nSPS) is 14.7. The molecule has 0 atom stereocenters. The van der Waals surface area contributed by atoms with E-state index in [0.29, 0.717) is 43.5 Å². The number of carbonyl (C=O) groups is 2. The molecular weight excluding hydrogens is 306 g/mol. The summed E-state index contributed by atoms with van der Waals surface area (Å²) in [6, 6.07) is 5.18. The molecule has 7 heteroatoms. The van der Waals surface area contributed by atoms with Crippen LogP contribution in [0.4, 0.5) is 15.3 Å². The van der Waals surface area contributed by atoms with E-state index in [1.54, 1.807) is 28.9 Å². The first-order valence-electron chi connectivity index (χ1n) is 7.25. The Morgan fingerprint density at radius 2 is 1.86 bits per heavy atom. The number of nitrogens with zero attached hydrogens (tertiary/aromatic N) is 2. The van der Waals surface area contributed by atoms with Gasteiger partial charge in [-0.2, -0.15) is 0 Å². The molecule has 2 rings (SSSR count). The average molecular weight is 326 g/mol. The van der Waals surface area contributed by atoms with E-state index in [0.717, 1.165) is 5.56 Å². The maximum absolute atomic E-state index is 12.3. The summed E-state index contributed by atoms with van der Waals surface area (Å²) in [6.07, 6.45) is -0.326. The molecule has 120 valence electrons. The van der Waals surface area contributed by atoms with Crippen LogP contribution in [0.15, 0.2) is 18.2 Å². The minimum absolute atomic E-state index is 0.186. The summed E-state index contributed by atoms with van der Waals surface area (Å²) in [7, 11) is 0. The SMILES string of the molecule is CCOC(=O)N1CCN(C(=O)Nc2cc(Cl)ccc2C)CC1. The number of piperazine rings is 1. The molecule has 1 aliphatic heterocycles. The highest BCUT2D eigenvalue weighted by atomic mass is 35.5. The van der Waals surface area contributed by atoms with Crippen molar-refractivity contribution in [3.05, 3.63) is 28.8 Å². The van der Waals surface area contributed by atoms with Crippen molar-refractivity contribution >= 4 is 29.4 Å². The predicted molar refractivity (Wildman–Crippen MR) is 85.4 cm³/mol. The number of carbonyl (C=O) groups excluding carboxylic acids is 2. The Labute approximate surface area is 135 Å². The number of rotatable bonds is 2. The highest BCUT2D eigenvalue weighted by molar-refractivity contribution is 6.31. The van der Waals surface area contributed by atoms with Crippen LogP contribution < -0.4 is 5.32 Å². The van der Waals surface area contributed by atoms with Crippen molar-refractivity contribution in [3.63, 3.8) is 0 Å². The van der Waals surface area contributed by atoms with Crippen molar-refractivity contribution in [3.8, 4) is 0 Å². The van der Waals surface area contributed by atoms with Crippen molar-refractivity contribution in [2.75, 3.05) is 38.1 Å². The van der Waals surface area contributed by atoms with Crippen LogP contribution in [0.3, 0.4) is 0 Å². The van der Waals surface area contributed by atoms with Gasteiger partial charge in [0.2, 0.25) is 0 Å². The van der Waals surface area contributed by atoms with Gasteiger partial charge < -0.3 is 19.9 Å². The summed E-state index contributed by atoms with van der Waals surface area (Å²) in [5, 5.41) is 3.43. The Morgan fingerprint density at radius 1 is 1.23 bits per heavy atom. The van der Waals surface area contributed by atoms with Gasteiger partial charge in [-0.05, 0) is 31.5 Å². The third-order valence-corrected chi connectivity index (χ3v) is 3.77. The number of ether oxygens (including phenoxy) is 1. The number of halogens is 1. The number of hydrogen-bond acceptors (Lipinski definition) is 3. The number of anilines is 1. The van der Waals surface area contributed by atoms with Gasteiger partial charge in [0.15, 0.2) is 0 Å². The molecule has 0 radical (unpaired) electrons. The number of aryl methyl sites for hydroxylation is 1. The van der Waals surface area contributed by atoms with Crippen LogP contribution in [0, 0.1) is 6.92 Å². The van der Waals surface area contributed by atoms with E-state index in [1.807, 2.05) is 13.0 Å². The van der Waals surface area contributed by atoms with Crippen LogP contribution in [0.1, 0.15) is 12.5 Å². The van der Waals surface area contributed by atoms with Crippen molar-refractivity contribution in [1.82, 2.24) is 9.80 Å². The molecule has 0 aliphatic carbocycles. The summed E-state index contributed by atoms with van der Waals surface area (Å²) in [6.45, 7) is 5.93. The second-order valence-corrected chi connectivity index (χ2v) is 5.50. The number of nitrogens with one attached hydrogen (secondary N) is 1. The molecule has 1 N–H and O–H groups in total. The molecule has 0 aromatic heterocycles. The second kappa shape index (κ2) is 7.35. The molecule has 3 amide bonds. The second-order valence-electron chi connectivity index (χ2n) is 5.06. The Kier molecular flexibility index (Phi) is 5.49. The molecule has 1 heterocycles. The lowest BCUT2D eigenvalue weighted by Crippen LogP contribution is -2.51. The molecule has 1 saturated heterocycles. The minimum Gasteiger partial charge on any atom is -0.450 e. The largest absolute Gasteiger partial charge is 0.450 e. The van der Waals surface area contributed by atoms with Gasteiger partial charge in [-0.15, -0.1) is 0 Å². The Balaban J connectivity index is 1.90. The number of urea groups is 1. The summed E-state index contributed by atoms with van der Waals surface area (Å²) < 4.78 is 4.95. The fraction of sp³-hybridized carbons (Fsp3) is 0.467. The zero-order valence-corrected chi connectivity index (χ0v) is 13.5. The third-order valence-electron chi connectivity index (χ3n) is 3.53. The predicted octanol–water partition coefficient (Wildman–Crippen LogP) is 2.95. The van der Waals surface area contributed by atoms with Crippen molar-refractivity contribution in [1.29, 1.82) is 0 Å². The zero-order valence-electron chi connectivity index (χ0n) is 12.8. The molecule has 1 fully saturated rings. The molecule has 1 aliphatic rings. The van der Waals surface area contributed by atoms with Crippen LogP contribution in [0.25, 0.3) is 0 Å². The molecule has 22 heavy (non-hydrogen) atoms. The first-order chi connectivity index (χ1) is 10.5. The van der Waals surface area contributed by atoms with Crippen LogP contribution in [-0.4, -0.2) is 54.7 Å². The third kappa shape index (κ3) is 4.04. The molecule has 0 spiro atoms. The Bertz CT molecular complexity index is 557. The quantitative estimate of drug-likeness (QED) is 0.909. The summed E-state index contributed by atoms with van der Waals surface area (Å²) in [4.78, 5) is 27.2. The van der Waals surface area contributed by atoms with Gasteiger partial charge in [0, 0.05) is 36.9 Å². The zero-order chi connectivity index (χ0) is 16.1. The van der Waals surface area contributed by atoms with Crippen LogP contribution in [-0.2, 0) is 4.74 Å². The summed E-state index contributed by atoms with van der Waals surface area (Å²) in [5.41, 5.74) is 1.65. The highest BCUT2D eigenvalue weighted by Crippen LogP contribution is 2.20. The lowest BCUT2D eigenvalue weighted by molar-refractivity contribution is 0.0868. The standard InChI is InChI=1S/C15H20ClN3O3/c1-3-22-15(21)19-8-6-18(7-9-19)14(20)17-13-10-12(16)5-4-11(13)2/h4-5,10H,3,6-9H2,1-2H3,(H,17,20). The minimum atomic E-state index is -0.326. The van der Waals surface area contributed by atoms with Gasteiger partial charge in [-0.1, -0.05) is 17.7 Å². The van der Waals surface area contributed by atoms with Gasteiger partial charge in [-0.25, -0.2) is 9.59 Å². The first kappa shape index (κ1) is 16.4. The van der Waals surface area contributed by atoms with Crippen LogP contribution in [0.5, 0.6) is 0 Å². The maximum atomic E-state index is 12.3. The van der Waals surface area contributed by atoms with Gasteiger partial charge >= 0.3 is 12.1 Å². The average Bonchev–Trinajstić information content (AvgIpc) is 2.51. The van der Waals surface area contributed by atoms with Crippen molar-refractivity contribution in [2.45, 2.75) is 13.8 Å². The highest BCUT2D eigenvalue weighted by Gasteiger charge is 2.25. The smallest absolute Gasteiger partial charge is 0.409 e. The molecule has 0 bridgehead atoms. The molecule has 0 saturated carbocycles. The summed E-state index contributed by atoms with van der Waals surface area (Å²) >= 11 is 5.95. The number of hydrogen-bond donors (Lipinski definition) is 1. The topological polar surface area (TPSA) is 61.9 Å². The number of amides is 3. The van der Waals surface area contributed by atoms with E-state index < -0.39 is 0 Å². The van der Waals surface area contributed by atoms with Crippen LogP contribution >= 0.6 is 11.6 Å². The van der Waals surface area contributed by atoms with Crippen molar-refractivity contribution < 1.29 is 14.3 Å². The van der Waals surface area contributed by atoms with E-state index in [-0.39, 0.29) is 12.1 Å². The van der Waals surface area contributed by atoms with E-state index in [9.17, 15) is 9.59 Å². The van der Waals surface area contributed by atoms with Gasteiger partial charge in [-0.3, -0.25) is 0 Å². The molecule has 1 aromatic rings. The maximum Gasteiger partial charge on any atom is 0.409 e. The van der Waals surface area contributed by atoms with Crippen LogP contribution in [0.2, 0.25) is 5.02 Å². The van der Waals surface area contributed by atoms with E-state index in [4.69, 9.17) is 16.3 Å². The lowest BCUT2D eigenvalue weighted by atomic mass is 10.2. The number of benzene rings is 1. The monoisotopic (exact) mass is 325 g/mol. The lowest BCUT2D eigenvalue weighted by Gasteiger charge is -2.34. The van der Waals surface area contributed by atoms with E-state index in [1.165, 1.54) is 0 Å². The molecular formula is C15H20ClN3O3. The molecule has 0 unspecified atom stereocenters. The fourth-order valence-corrected chi connectivity index (χ4v) is 2.40. The Hall–Kier alpha value is -1.95. The van der Waals surface area contributed by atoms with Crippen molar-refractivity contribution in [2.24, 2.45) is 0 Å².